The summed E-state index contributed by atoms with van der Waals surface area (Å²) in [7, 11) is 0. The quantitative estimate of drug-likeness (QED) is 0.925. The van der Waals surface area contributed by atoms with Crippen molar-refractivity contribution >= 4 is 18.2 Å². The van der Waals surface area contributed by atoms with Crippen molar-refractivity contribution in [3.8, 4) is 0 Å². The van der Waals surface area contributed by atoms with Gasteiger partial charge in [0.1, 0.15) is 0 Å². The molecule has 0 radical (unpaired) electrons. The first kappa shape index (κ1) is 16.7. The van der Waals surface area contributed by atoms with Gasteiger partial charge in [0.15, 0.2) is 5.78 Å². The highest BCUT2D eigenvalue weighted by Gasteiger charge is 2.30. The van der Waals surface area contributed by atoms with Gasteiger partial charge < -0.3 is 5.32 Å². The summed E-state index contributed by atoms with van der Waals surface area (Å²) in [5.41, 5.74) is 2.17. The first-order chi connectivity index (χ1) is 10.4. The molecule has 0 aromatic heterocycles. The summed E-state index contributed by atoms with van der Waals surface area (Å²) in [6.45, 7) is 0.951. The van der Waals surface area contributed by atoms with Crippen LogP contribution in [0.3, 0.4) is 0 Å². The molecule has 1 heterocycles. The van der Waals surface area contributed by atoms with Crippen LogP contribution in [0.1, 0.15) is 36.3 Å². The van der Waals surface area contributed by atoms with Gasteiger partial charge in [-0.2, -0.15) is 0 Å². The average Bonchev–Trinajstić information content (AvgIpc) is 2.58. The minimum absolute atomic E-state index is 0. The van der Waals surface area contributed by atoms with Crippen LogP contribution in [0.5, 0.6) is 0 Å². The third kappa shape index (κ3) is 3.76. The zero-order valence-electron chi connectivity index (χ0n) is 12.6. The Morgan fingerprint density at radius 1 is 0.909 bits per heavy atom. The number of carbonyl (C=O) groups excluding carboxylic acids is 1. The highest BCUT2D eigenvalue weighted by atomic mass is 35.5. The van der Waals surface area contributed by atoms with Gasteiger partial charge in [-0.1, -0.05) is 67.1 Å². The highest BCUT2D eigenvalue weighted by Crippen LogP contribution is 2.28. The Balaban J connectivity index is 0.00000176. The molecule has 3 rings (SSSR count). The van der Waals surface area contributed by atoms with Gasteiger partial charge in [0.2, 0.25) is 0 Å². The van der Waals surface area contributed by atoms with Crippen molar-refractivity contribution in [3.63, 3.8) is 0 Å². The van der Waals surface area contributed by atoms with Crippen LogP contribution in [-0.2, 0) is 4.79 Å². The fourth-order valence-electron chi connectivity index (χ4n) is 3.11. The Morgan fingerprint density at radius 2 is 1.45 bits per heavy atom. The molecule has 0 amide bonds. The number of rotatable bonds is 4. The van der Waals surface area contributed by atoms with Crippen LogP contribution in [0.15, 0.2) is 60.7 Å². The minimum Gasteiger partial charge on any atom is -0.307 e. The molecule has 116 valence electrons. The smallest absolute Gasteiger partial charge is 0.161 e. The molecule has 2 aromatic carbocycles. The van der Waals surface area contributed by atoms with Crippen molar-refractivity contribution in [2.45, 2.75) is 31.2 Å². The number of hydrogen-bond donors (Lipinski definition) is 1. The molecular formula is C19H22ClNO. The predicted octanol–water partition coefficient (Wildman–Crippen LogP) is 3.95. The molecule has 2 nitrogen and oxygen atoms in total. The number of piperidine rings is 1. The van der Waals surface area contributed by atoms with E-state index in [-0.39, 0.29) is 24.4 Å². The van der Waals surface area contributed by atoms with Crippen LogP contribution in [-0.4, -0.2) is 18.4 Å². The fourth-order valence-corrected chi connectivity index (χ4v) is 3.11. The first-order valence-electron chi connectivity index (χ1n) is 7.73. The van der Waals surface area contributed by atoms with E-state index < -0.39 is 0 Å². The van der Waals surface area contributed by atoms with Crippen molar-refractivity contribution < 1.29 is 4.79 Å². The maximum atomic E-state index is 13.0. The van der Waals surface area contributed by atoms with Crippen molar-refractivity contribution in [2.75, 3.05) is 6.54 Å². The van der Waals surface area contributed by atoms with Crippen molar-refractivity contribution in [3.05, 3.63) is 71.8 Å². The highest BCUT2D eigenvalue weighted by molar-refractivity contribution is 5.93. The molecule has 1 unspecified atom stereocenters. The van der Waals surface area contributed by atoms with Crippen LogP contribution in [0.4, 0.5) is 0 Å². The van der Waals surface area contributed by atoms with Gasteiger partial charge in [0.05, 0.1) is 12.0 Å². The van der Waals surface area contributed by atoms with E-state index in [1.54, 1.807) is 0 Å². The normalized spacial score (nSPS) is 17.8. The second kappa shape index (κ2) is 8.11. The molecular weight excluding hydrogens is 294 g/mol. The summed E-state index contributed by atoms with van der Waals surface area (Å²) in [6.07, 6.45) is 3.26. The molecule has 0 spiro atoms. The zero-order valence-corrected chi connectivity index (χ0v) is 13.4. The SMILES string of the molecule is Cl.O=C(C1CCCCN1)C(c1ccccc1)c1ccccc1. The Hall–Kier alpha value is -1.64. The summed E-state index contributed by atoms with van der Waals surface area (Å²) >= 11 is 0. The second-order valence-corrected chi connectivity index (χ2v) is 5.66. The van der Waals surface area contributed by atoms with Crippen LogP contribution in [0.25, 0.3) is 0 Å². The molecule has 1 N–H and O–H groups in total. The van der Waals surface area contributed by atoms with Gasteiger partial charge >= 0.3 is 0 Å². The lowest BCUT2D eigenvalue weighted by atomic mass is 9.83. The van der Waals surface area contributed by atoms with E-state index in [2.05, 4.69) is 29.6 Å². The molecule has 0 bridgehead atoms. The monoisotopic (exact) mass is 315 g/mol. The number of Topliss-reactive ketones (excluding diaryl/α,β-unsaturated/α-hetero) is 1. The Kier molecular flexibility index (Phi) is 6.17. The minimum atomic E-state index is -0.164. The van der Waals surface area contributed by atoms with Crippen molar-refractivity contribution in [1.29, 1.82) is 0 Å². The zero-order chi connectivity index (χ0) is 14.5. The Labute approximate surface area is 138 Å². The molecule has 2 aromatic rings. The maximum absolute atomic E-state index is 13.0. The molecule has 22 heavy (non-hydrogen) atoms. The van der Waals surface area contributed by atoms with Gasteiger partial charge in [-0.25, -0.2) is 0 Å². The standard InChI is InChI=1S/C19H21NO.ClH/c21-19(17-13-7-8-14-20-17)18(15-9-3-1-4-10-15)16-11-5-2-6-12-16;/h1-6,9-12,17-18,20H,7-8,13-14H2;1H. The first-order valence-corrected chi connectivity index (χ1v) is 7.73. The van der Waals surface area contributed by atoms with E-state index in [4.69, 9.17) is 0 Å². The summed E-state index contributed by atoms with van der Waals surface area (Å²) in [6, 6.07) is 20.2. The van der Waals surface area contributed by atoms with E-state index in [0.717, 1.165) is 30.5 Å². The topological polar surface area (TPSA) is 29.1 Å². The van der Waals surface area contributed by atoms with Crippen LogP contribution >= 0.6 is 12.4 Å². The lowest BCUT2D eigenvalue weighted by Crippen LogP contribution is -2.43. The third-order valence-electron chi connectivity index (χ3n) is 4.20. The maximum Gasteiger partial charge on any atom is 0.161 e. The summed E-state index contributed by atoms with van der Waals surface area (Å²) in [5, 5.41) is 3.39. The van der Waals surface area contributed by atoms with Crippen molar-refractivity contribution in [2.24, 2.45) is 0 Å². The molecule has 1 fully saturated rings. The van der Waals surface area contributed by atoms with Gasteiger partial charge in [0, 0.05) is 0 Å². The van der Waals surface area contributed by atoms with Crippen molar-refractivity contribution in [1.82, 2.24) is 5.32 Å². The van der Waals surface area contributed by atoms with E-state index in [1.165, 1.54) is 6.42 Å². The number of nitrogens with one attached hydrogen (secondary N) is 1. The van der Waals surface area contributed by atoms with E-state index in [0.29, 0.717) is 5.78 Å². The molecule has 1 atom stereocenters. The lowest BCUT2D eigenvalue weighted by molar-refractivity contribution is -0.122. The molecule has 3 heteroatoms. The van der Waals surface area contributed by atoms with Crippen LogP contribution in [0.2, 0.25) is 0 Å². The largest absolute Gasteiger partial charge is 0.307 e. The molecule has 1 aliphatic rings. The Bertz CT molecular complexity index is 539. The number of halogens is 1. The molecule has 1 saturated heterocycles. The summed E-state index contributed by atoms with van der Waals surface area (Å²) in [5.74, 6) is 0.134. The summed E-state index contributed by atoms with van der Waals surface area (Å²) in [4.78, 5) is 13.0. The Morgan fingerprint density at radius 3 is 1.91 bits per heavy atom. The molecule has 1 aliphatic heterocycles. The fraction of sp³-hybridized carbons (Fsp3) is 0.316. The van der Waals surface area contributed by atoms with Crippen LogP contribution in [0, 0.1) is 0 Å². The van der Waals surface area contributed by atoms with Crippen LogP contribution < -0.4 is 5.32 Å². The number of benzene rings is 2. The second-order valence-electron chi connectivity index (χ2n) is 5.66. The summed E-state index contributed by atoms with van der Waals surface area (Å²) < 4.78 is 0. The number of carbonyl (C=O) groups is 1. The molecule has 0 aliphatic carbocycles. The lowest BCUT2D eigenvalue weighted by Gasteiger charge is -2.27. The molecule has 0 saturated carbocycles. The van der Waals surface area contributed by atoms with E-state index in [1.807, 2.05) is 36.4 Å². The van der Waals surface area contributed by atoms with E-state index in [9.17, 15) is 4.79 Å². The average molecular weight is 316 g/mol. The third-order valence-corrected chi connectivity index (χ3v) is 4.20. The van der Waals surface area contributed by atoms with Gasteiger partial charge in [-0.05, 0) is 30.5 Å². The van der Waals surface area contributed by atoms with Gasteiger partial charge in [-0.3, -0.25) is 4.79 Å². The predicted molar refractivity (Wildman–Crippen MR) is 92.6 cm³/mol. The number of ketones is 1. The number of hydrogen-bond acceptors (Lipinski definition) is 2. The van der Waals surface area contributed by atoms with E-state index >= 15 is 0 Å². The van der Waals surface area contributed by atoms with Gasteiger partial charge in [-0.15, -0.1) is 12.4 Å². The van der Waals surface area contributed by atoms with Gasteiger partial charge in [0.25, 0.3) is 0 Å².